The molecule has 2 N–H and O–H groups in total. The number of hydrogen-bond acceptors (Lipinski definition) is 5. The number of pyridine rings is 1. The van der Waals surface area contributed by atoms with Gasteiger partial charge in [0.15, 0.2) is 26.9 Å². The van der Waals surface area contributed by atoms with E-state index in [-0.39, 0.29) is 15.7 Å². The van der Waals surface area contributed by atoms with Crippen LogP contribution in [0.25, 0.3) is 0 Å². The van der Waals surface area contributed by atoms with E-state index in [0.29, 0.717) is 27.8 Å². The van der Waals surface area contributed by atoms with Gasteiger partial charge in [-0.15, -0.1) is 0 Å². The number of aliphatic imine (C=N–C) groups is 1. The molecule has 0 saturated carbocycles. The smallest absolute Gasteiger partial charge is 0.280 e. The zero-order chi connectivity index (χ0) is 19.3. The number of quaternary nitrogens is 1. The number of amidine groups is 1. The van der Waals surface area contributed by atoms with E-state index < -0.39 is 27.3 Å². The third-order valence-electron chi connectivity index (χ3n) is 4.31. The first-order valence-electron chi connectivity index (χ1n) is 7.88. The molecule has 1 aromatic carbocycles. The Hall–Kier alpha value is -2.62. The molecule has 7 nitrogen and oxygen atoms in total. The van der Waals surface area contributed by atoms with Gasteiger partial charge in [-0.2, -0.15) is 4.99 Å². The molecule has 3 heterocycles. The zero-order valence-electron chi connectivity index (χ0n) is 14.0. The molecule has 1 unspecified atom stereocenters. The number of benzene rings is 1. The average molecular weight is 408 g/mol. The van der Waals surface area contributed by atoms with E-state index in [1.54, 1.807) is 13.0 Å². The molecule has 1 amide bonds. The highest BCUT2D eigenvalue weighted by Gasteiger charge is 2.45. The Bertz CT molecular complexity index is 1160. The predicted octanol–water partition coefficient (Wildman–Crippen LogP) is 1.46. The van der Waals surface area contributed by atoms with E-state index in [1.165, 1.54) is 24.4 Å². The molecule has 4 rings (SSSR count). The van der Waals surface area contributed by atoms with Crippen molar-refractivity contribution in [1.82, 2.24) is 4.98 Å². The lowest BCUT2D eigenvalue weighted by molar-refractivity contribution is -0.684. The monoisotopic (exact) mass is 407 g/mol. The van der Waals surface area contributed by atoms with Gasteiger partial charge < -0.3 is 5.32 Å². The second kappa shape index (κ2) is 6.22. The van der Waals surface area contributed by atoms with Crippen LogP contribution in [0.15, 0.2) is 57.8 Å². The maximum Gasteiger partial charge on any atom is 0.280 e. The fraction of sp³-hybridized carbons (Fsp3) is 0.118. The highest BCUT2D eigenvalue weighted by Crippen LogP contribution is 2.29. The van der Waals surface area contributed by atoms with Crippen LogP contribution >= 0.6 is 11.6 Å². The minimum Gasteiger partial charge on any atom is -0.320 e. The Kier molecular flexibility index (Phi) is 4.10. The van der Waals surface area contributed by atoms with Crippen LogP contribution in [0, 0.1) is 5.82 Å². The number of hydrogen-bond donors (Lipinski definition) is 2. The molecule has 1 aromatic heterocycles. The summed E-state index contributed by atoms with van der Waals surface area (Å²) in [6.07, 6.45) is 1.44. The summed E-state index contributed by atoms with van der Waals surface area (Å²) in [6.45, 7) is 1.68. The summed E-state index contributed by atoms with van der Waals surface area (Å²) in [7, 11) is -3.79. The number of carbonyl (C=O) groups is 1. The minimum atomic E-state index is -3.79. The molecule has 2 aliphatic heterocycles. The molecule has 0 bridgehead atoms. The summed E-state index contributed by atoms with van der Waals surface area (Å²) >= 11 is 5.81. The van der Waals surface area contributed by atoms with Crippen molar-refractivity contribution in [2.45, 2.75) is 11.8 Å². The van der Waals surface area contributed by atoms with Crippen LogP contribution in [0.3, 0.4) is 0 Å². The van der Waals surface area contributed by atoms with E-state index in [0.717, 1.165) is 6.07 Å². The van der Waals surface area contributed by atoms with Gasteiger partial charge in [0.1, 0.15) is 21.6 Å². The van der Waals surface area contributed by atoms with E-state index in [4.69, 9.17) is 11.6 Å². The Labute approximate surface area is 159 Å². The van der Waals surface area contributed by atoms with Crippen molar-refractivity contribution in [1.29, 1.82) is 0 Å². The summed E-state index contributed by atoms with van der Waals surface area (Å²) in [5, 5.41) is 2.85. The standard InChI is InChI=1S/C17H12ClFN4O3S/c1-9-21-16(17(24)22-11-4-5-20-15(18)7-11)13-8-27(25,26)14-6-10(19)2-3-12(14)23(9)13/h2-7H,8H2,1H3,(H,20,22,24)/p+1. The first kappa shape index (κ1) is 17.8. The van der Waals surface area contributed by atoms with Gasteiger partial charge in [-0.05, 0) is 24.3 Å². The number of amides is 1. The number of carbonyl (C=O) groups excluding carboxylic acids is 1. The molecule has 2 aromatic rings. The molecule has 1 atom stereocenters. The number of anilines is 1. The number of halogens is 2. The van der Waals surface area contributed by atoms with Crippen LogP contribution in [0.1, 0.15) is 6.92 Å². The molecule has 0 spiro atoms. The maximum absolute atomic E-state index is 13.6. The first-order valence-corrected chi connectivity index (χ1v) is 9.91. The van der Waals surface area contributed by atoms with Crippen LogP contribution in [0.4, 0.5) is 15.8 Å². The first-order chi connectivity index (χ1) is 12.8. The van der Waals surface area contributed by atoms with Crippen LogP contribution in [0.5, 0.6) is 0 Å². The second-order valence-electron chi connectivity index (χ2n) is 6.12. The molecule has 138 valence electrons. The number of fused-ring (bicyclic) bond motifs is 3. The zero-order valence-corrected chi connectivity index (χ0v) is 15.5. The summed E-state index contributed by atoms with van der Waals surface area (Å²) < 4.78 is 38.8. The topological polar surface area (TPSA) is 92.9 Å². The van der Waals surface area contributed by atoms with Gasteiger partial charge in [0, 0.05) is 24.9 Å². The summed E-state index contributed by atoms with van der Waals surface area (Å²) in [5.74, 6) is -1.10. The van der Waals surface area contributed by atoms with Gasteiger partial charge in [0.05, 0.1) is 0 Å². The molecule has 0 radical (unpaired) electrons. The van der Waals surface area contributed by atoms with Crippen molar-refractivity contribution in [2.24, 2.45) is 4.99 Å². The summed E-state index contributed by atoms with van der Waals surface area (Å²) in [5.41, 5.74) is 1.10. The maximum atomic E-state index is 13.6. The fourth-order valence-corrected chi connectivity index (χ4v) is 5.00. The van der Waals surface area contributed by atoms with Gasteiger partial charge in [-0.1, -0.05) is 11.6 Å². The van der Waals surface area contributed by atoms with Crippen LogP contribution in [-0.2, 0) is 14.6 Å². The Balaban J connectivity index is 1.78. The average Bonchev–Trinajstić information content (AvgIpc) is 2.91. The predicted molar refractivity (Wildman–Crippen MR) is 97.1 cm³/mol. The van der Waals surface area contributed by atoms with E-state index >= 15 is 0 Å². The number of rotatable bonds is 2. The van der Waals surface area contributed by atoms with Crippen molar-refractivity contribution in [3.05, 3.63) is 58.9 Å². The molecule has 0 fully saturated rings. The minimum absolute atomic E-state index is 0.0222. The summed E-state index contributed by atoms with van der Waals surface area (Å²) in [4.78, 5) is 21.3. The largest absolute Gasteiger partial charge is 0.320 e. The van der Waals surface area contributed by atoms with Crippen molar-refractivity contribution in [3.63, 3.8) is 0 Å². The van der Waals surface area contributed by atoms with Gasteiger partial charge in [-0.3, -0.25) is 4.79 Å². The highest BCUT2D eigenvalue weighted by atomic mass is 35.5. The Morgan fingerprint density at radius 3 is 2.81 bits per heavy atom. The highest BCUT2D eigenvalue weighted by molar-refractivity contribution is 7.91. The normalized spacial score (nSPS) is 20.0. The molecule has 2 aliphatic rings. The lowest BCUT2D eigenvalue weighted by Crippen LogP contribution is -3.08. The third kappa shape index (κ3) is 3.03. The van der Waals surface area contributed by atoms with Crippen LogP contribution in [0.2, 0.25) is 5.15 Å². The summed E-state index contributed by atoms with van der Waals surface area (Å²) in [6, 6.07) is 6.62. The Morgan fingerprint density at radius 2 is 2.07 bits per heavy atom. The number of sulfone groups is 1. The van der Waals surface area contributed by atoms with Gasteiger partial charge in [0.2, 0.25) is 5.84 Å². The Morgan fingerprint density at radius 1 is 1.30 bits per heavy atom. The van der Waals surface area contributed by atoms with Gasteiger partial charge in [0.25, 0.3) is 5.91 Å². The molecular formula is C17H13ClFN4O3S+. The molecule has 0 aliphatic carbocycles. The lowest BCUT2D eigenvalue weighted by atomic mass is 10.2. The van der Waals surface area contributed by atoms with E-state index in [9.17, 15) is 17.6 Å². The lowest BCUT2D eigenvalue weighted by Gasteiger charge is -2.23. The number of nitrogens with zero attached hydrogens (tertiary/aromatic N) is 2. The van der Waals surface area contributed by atoms with Crippen molar-refractivity contribution >= 4 is 44.6 Å². The van der Waals surface area contributed by atoms with Crippen molar-refractivity contribution < 1.29 is 22.5 Å². The molecule has 0 saturated heterocycles. The second-order valence-corrected chi connectivity index (χ2v) is 8.47. The SMILES string of the molecule is CC1=NC(C(=O)Nc2ccnc(Cl)c2)=C2CS(=O)(=O)c3cc(F)ccc3[NH+]12. The van der Waals surface area contributed by atoms with Crippen LogP contribution < -0.4 is 10.2 Å². The van der Waals surface area contributed by atoms with Crippen molar-refractivity contribution in [2.75, 3.05) is 11.1 Å². The molecule has 10 heteroatoms. The molecular weight excluding hydrogens is 395 g/mol. The van der Waals surface area contributed by atoms with Crippen LogP contribution in [-0.4, -0.2) is 30.9 Å². The number of aromatic nitrogens is 1. The van der Waals surface area contributed by atoms with Crippen molar-refractivity contribution in [3.8, 4) is 0 Å². The van der Waals surface area contributed by atoms with E-state index in [1.807, 2.05) is 0 Å². The van der Waals surface area contributed by atoms with E-state index in [2.05, 4.69) is 15.3 Å². The molecule has 27 heavy (non-hydrogen) atoms. The van der Waals surface area contributed by atoms with Gasteiger partial charge in [-0.25, -0.2) is 22.7 Å². The quantitative estimate of drug-likeness (QED) is 0.737. The fourth-order valence-electron chi connectivity index (χ4n) is 3.21. The number of nitrogens with one attached hydrogen (secondary N) is 2. The van der Waals surface area contributed by atoms with Gasteiger partial charge >= 0.3 is 0 Å². The third-order valence-corrected chi connectivity index (χ3v) is 6.19.